The molecule has 2 unspecified atom stereocenters. The number of rotatable bonds is 3. The fourth-order valence-electron chi connectivity index (χ4n) is 1.98. The van der Waals surface area contributed by atoms with E-state index in [9.17, 15) is 4.79 Å². The topological polar surface area (TPSA) is 58.9 Å². The van der Waals surface area contributed by atoms with Gasteiger partial charge in [0.25, 0.3) is 0 Å². The van der Waals surface area contributed by atoms with E-state index in [1.165, 1.54) is 0 Å². The van der Waals surface area contributed by atoms with E-state index in [-0.39, 0.29) is 11.9 Å². The van der Waals surface area contributed by atoms with Gasteiger partial charge in [0.2, 0.25) is 5.91 Å². The average molecular weight is 222 g/mol. The first-order chi connectivity index (χ1) is 7.75. The number of piperidine rings is 1. The van der Waals surface area contributed by atoms with E-state index >= 15 is 0 Å². The number of nitrogens with zero attached hydrogens (tertiary/aromatic N) is 2. The van der Waals surface area contributed by atoms with Crippen LogP contribution in [-0.2, 0) is 11.3 Å². The van der Waals surface area contributed by atoms with E-state index in [0.29, 0.717) is 12.5 Å². The van der Waals surface area contributed by atoms with Crippen LogP contribution in [-0.4, -0.2) is 34.8 Å². The second-order valence-corrected chi connectivity index (χ2v) is 4.35. The number of carbonyl (C=O) groups excluding carboxylic acids is 1. The molecule has 1 aromatic heterocycles. The predicted molar refractivity (Wildman–Crippen MR) is 60.8 cm³/mol. The van der Waals surface area contributed by atoms with Gasteiger partial charge in [0.05, 0.1) is 0 Å². The highest BCUT2D eigenvalue weighted by Crippen LogP contribution is 2.10. The highest BCUT2D eigenvalue weighted by molar-refractivity contribution is 5.76. The van der Waals surface area contributed by atoms with Gasteiger partial charge in [-0.15, -0.1) is 0 Å². The normalized spacial score (nSPS) is 25.3. The summed E-state index contributed by atoms with van der Waals surface area (Å²) < 4.78 is 1.64. The minimum absolute atomic E-state index is 0.0317. The molecule has 1 aliphatic heterocycles. The molecule has 88 valence electrons. The van der Waals surface area contributed by atoms with Gasteiger partial charge in [-0.1, -0.05) is 6.92 Å². The summed E-state index contributed by atoms with van der Waals surface area (Å²) in [5.74, 6) is 0.576. The lowest BCUT2D eigenvalue weighted by Crippen LogP contribution is -2.50. The summed E-state index contributed by atoms with van der Waals surface area (Å²) in [4.78, 5) is 11.7. The summed E-state index contributed by atoms with van der Waals surface area (Å²) in [6.45, 7) is 4.40. The quantitative estimate of drug-likeness (QED) is 0.756. The highest BCUT2D eigenvalue weighted by atomic mass is 16.2. The van der Waals surface area contributed by atoms with Crippen LogP contribution in [0.3, 0.4) is 0 Å². The standard InChI is InChI=1S/C11H18N4O/c1-9-3-5-12-7-10(9)14-11(16)8-15-6-2-4-13-15/h2,4,6,9-10,12H,3,5,7-8H2,1H3,(H,14,16). The smallest absolute Gasteiger partial charge is 0.242 e. The molecular formula is C11H18N4O. The third-order valence-corrected chi connectivity index (χ3v) is 3.04. The Balaban J connectivity index is 1.82. The number of carbonyl (C=O) groups is 1. The van der Waals surface area contributed by atoms with Crippen LogP contribution < -0.4 is 10.6 Å². The molecule has 0 aliphatic carbocycles. The number of hydrogen-bond acceptors (Lipinski definition) is 3. The van der Waals surface area contributed by atoms with Crippen molar-refractivity contribution in [2.75, 3.05) is 13.1 Å². The molecule has 0 spiro atoms. The largest absolute Gasteiger partial charge is 0.350 e. The summed E-state index contributed by atoms with van der Waals surface area (Å²) in [5, 5.41) is 10.3. The van der Waals surface area contributed by atoms with Crippen LogP contribution in [0.1, 0.15) is 13.3 Å². The van der Waals surface area contributed by atoms with Crippen molar-refractivity contribution < 1.29 is 4.79 Å². The van der Waals surface area contributed by atoms with Crippen LogP contribution in [0, 0.1) is 5.92 Å². The second kappa shape index (κ2) is 5.12. The van der Waals surface area contributed by atoms with Crippen molar-refractivity contribution in [2.24, 2.45) is 5.92 Å². The Labute approximate surface area is 95.2 Å². The Morgan fingerprint density at radius 2 is 2.56 bits per heavy atom. The maximum atomic E-state index is 11.7. The predicted octanol–water partition coefficient (Wildman–Crippen LogP) is -0.00270. The van der Waals surface area contributed by atoms with Gasteiger partial charge >= 0.3 is 0 Å². The van der Waals surface area contributed by atoms with Gasteiger partial charge < -0.3 is 10.6 Å². The Kier molecular flexibility index (Phi) is 3.56. The van der Waals surface area contributed by atoms with Crippen molar-refractivity contribution in [3.8, 4) is 0 Å². The maximum Gasteiger partial charge on any atom is 0.242 e. The minimum Gasteiger partial charge on any atom is -0.350 e. The molecule has 1 aliphatic rings. The van der Waals surface area contributed by atoms with E-state index in [0.717, 1.165) is 19.5 Å². The molecule has 5 nitrogen and oxygen atoms in total. The zero-order chi connectivity index (χ0) is 11.4. The molecule has 1 amide bonds. The van der Waals surface area contributed by atoms with Crippen molar-refractivity contribution in [1.29, 1.82) is 0 Å². The van der Waals surface area contributed by atoms with E-state index in [2.05, 4.69) is 22.7 Å². The van der Waals surface area contributed by atoms with E-state index < -0.39 is 0 Å². The van der Waals surface area contributed by atoms with Crippen molar-refractivity contribution in [3.05, 3.63) is 18.5 Å². The Morgan fingerprint density at radius 1 is 1.69 bits per heavy atom. The monoisotopic (exact) mass is 222 g/mol. The molecule has 2 heterocycles. The van der Waals surface area contributed by atoms with Gasteiger partial charge in [0, 0.05) is 25.0 Å². The summed E-state index contributed by atoms with van der Waals surface area (Å²) in [6, 6.07) is 2.06. The van der Waals surface area contributed by atoms with Crippen LogP contribution in [0.5, 0.6) is 0 Å². The second-order valence-electron chi connectivity index (χ2n) is 4.35. The van der Waals surface area contributed by atoms with Gasteiger partial charge in [0.1, 0.15) is 6.54 Å². The van der Waals surface area contributed by atoms with Crippen LogP contribution >= 0.6 is 0 Å². The van der Waals surface area contributed by atoms with Crippen molar-refractivity contribution in [2.45, 2.75) is 25.9 Å². The van der Waals surface area contributed by atoms with Crippen LogP contribution in [0.4, 0.5) is 0 Å². The zero-order valence-electron chi connectivity index (χ0n) is 9.52. The molecule has 1 saturated heterocycles. The zero-order valence-corrected chi connectivity index (χ0v) is 9.52. The van der Waals surface area contributed by atoms with Gasteiger partial charge in [0.15, 0.2) is 0 Å². The number of aromatic nitrogens is 2. The van der Waals surface area contributed by atoms with Crippen molar-refractivity contribution >= 4 is 5.91 Å². The number of nitrogens with one attached hydrogen (secondary N) is 2. The van der Waals surface area contributed by atoms with Crippen LogP contribution in [0.2, 0.25) is 0 Å². The highest BCUT2D eigenvalue weighted by Gasteiger charge is 2.22. The van der Waals surface area contributed by atoms with E-state index in [1.807, 2.05) is 6.07 Å². The molecule has 2 N–H and O–H groups in total. The molecule has 1 aromatic rings. The molecule has 1 fully saturated rings. The average Bonchev–Trinajstić information content (AvgIpc) is 2.74. The molecule has 5 heteroatoms. The number of amides is 1. The van der Waals surface area contributed by atoms with Crippen molar-refractivity contribution in [1.82, 2.24) is 20.4 Å². The molecule has 0 aromatic carbocycles. The van der Waals surface area contributed by atoms with Gasteiger partial charge in [-0.2, -0.15) is 5.10 Å². The summed E-state index contributed by atoms with van der Waals surface area (Å²) >= 11 is 0. The summed E-state index contributed by atoms with van der Waals surface area (Å²) in [6.07, 6.45) is 4.59. The Morgan fingerprint density at radius 3 is 3.25 bits per heavy atom. The molecule has 2 rings (SSSR count). The van der Waals surface area contributed by atoms with Gasteiger partial charge in [-0.25, -0.2) is 0 Å². The molecule has 0 radical (unpaired) electrons. The van der Waals surface area contributed by atoms with Crippen LogP contribution in [0.25, 0.3) is 0 Å². The first-order valence-electron chi connectivity index (χ1n) is 5.73. The van der Waals surface area contributed by atoms with Crippen molar-refractivity contribution in [3.63, 3.8) is 0 Å². The molecule has 16 heavy (non-hydrogen) atoms. The lowest BCUT2D eigenvalue weighted by Gasteiger charge is -2.30. The third-order valence-electron chi connectivity index (χ3n) is 3.04. The van der Waals surface area contributed by atoms with E-state index in [4.69, 9.17) is 0 Å². The number of hydrogen-bond donors (Lipinski definition) is 2. The lowest BCUT2D eigenvalue weighted by atomic mass is 9.95. The molecule has 0 saturated carbocycles. The first-order valence-corrected chi connectivity index (χ1v) is 5.73. The molecular weight excluding hydrogens is 204 g/mol. The Hall–Kier alpha value is -1.36. The SMILES string of the molecule is CC1CCNCC1NC(=O)Cn1cccn1. The van der Waals surface area contributed by atoms with E-state index in [1.54, 1.807) is 17.1 Å². The fourth-order valence-corrected chi connectivity index (χ4v) is 1.98. The Bertz CT molecular complexity index is 336. The van der Waals surface area contributed by atoms with Gasteiger partial charge in [-0.05, 0) is 24.9 Å². The fraction of sp³-hybridized carbons (Fsp3) is 0.636. The van der Waals surface area contributed by atoms with Gasteiger partial charge in [-0.3, -0.25) is 9.48 Å². The summed E-state index contributed by atoms with van der Waals surface area (Å²) in [7, 11) is 0. The molecule has 0 bridgehead atoms. The maximum absolute atomic E-state index is 11.7. The molecule has 2 atom stereocenters. The first kappa shape index (κ1) is 11.1. The summed E-state index contributed by atoms with van der Waals surface area (Å²) in [5.41, 5.74) is 0. The van der Waals surface area contributed by atoms with Crippen LogP contribution in [0.15, 0.2) is 18.5 Å². The lowest BCUT2D eigenvalue weighted by molar-refractivity contribution is -0.123. The third kappa shape index (κ3) is 2.82. The minimum atomic E-state index is 0.0317.